The number of benzene rings is 1. The molecule has 86 valence electrons. The number of ether oxygens (including phenoxy) is 2. The number of hydrogen-bond acceptors (Lipinski definition) is 2. The molecule has 0 N–H and O–H groups in total. The zero-order chi connectivity index (χ0) is 11.1. The lowest BCUT2D eigenvalue weighted by Crippen LogP contribution is -2.42. The van der Waals surface area contributed by atoms with E-state index in [0.717, 1.165) is 27.9 Å². The number of fused-ring (bicyclic) bond motifs is 2. The van der Waals surface area contributed by atoms with Gasteiger partial charge in [0.25, 0.3) is 0 Å². The SMILES string of the molecule is Ic1cc(I)c2c(c1)OC1CCCCC1O2. The van der Waals surface area contributed by atoms with Gasteiger partial charge in [-0.1, -0.05) is 0 Å². The van der Waals surface area contributed by atoms with Gasteiger partial charge in [-0.25, -0.2) is 0 Å². The highest BCUT2D eigenvalue weighted by Gasteiger charge is 2.34. The maximum atomic E-state index is 6.09. The highest BCUT2D eigenvalue weighted by Crippen LogP contribution is 2.42. The lowest BCUT2D eigenvalue weighted by molar-refractivity contribution is -0.00682. The van der Waals surface area contributed by atoms with E-state index in [-0.39, 0.29) is 12.2 Å². The topological polar surface area (TPSA) is 18.5 Å². The van der Waals surface area contributed by atoms with Crippen molar-refractivity contribution in [3.63, 3.8) is 0 Å². The summed E-state index contributed by atoms with van der Waals surface area (Å²) in [6.45, 7) is 0. The Morgan fingerprint density at radius 2 is 1.69 bits per heavy atom. The Hall–Kier alpha value is 0.280. The third-order valence-electron chi connectivity index (χ3n) is 3.16. The first-order valence-electron chi connectivity index (χ1n) is 5.56. The van der Waals surface area contributed by atoms with Gasteiger partial charge >= 0.3 is 0 Å². The molecule has 1 aliphatic carbocycles. The first kappa shape index (κ1) is 11.4. The zero-order valence-electron chi connectivity index (χ0n) is 8.71. The molecular weight excluding hydrogens is 430 g/mol. The molecule has 1 saturated carbocycles. The fraction of sp³-hybridized carbons (Fsp3) is 0.500. The van der Waals surface area contributed by atoms with Crippen LogP contribution in [-0.2, 0) is 0 Å². The Balaban J connectivity index is 1.98. The van der Waals surface area contributed by atoms with Gasteiger partial charge in [0.05, 0.1) is 3.57 Å². The van der Waals surface area contributed by atoms with Gasteiger partial charge in [0, 0.05) is 3.57 Å². The van der Waals surface area contributed by atoms with Gasteiger partial charge in [-0.2, -0.15) is 0 Å². The average molecular weight is 442 g/mol. The molecule has 0 bridgehead atoms. The first-order chi connectivity index (χ1) is 7.74. The molecule has 16 heavy (non-hydrogen) atoms. The Labute approximate surface area is 122 Å². The highest BCUT2D eigenvalue weighted by molar-refractivity contribution is 14.1. The summed E-state index contributed by atoms with van der Waals surface area (Å²) < 4.78 is 14.5. The van der Waals surface area contributed by atoms with Crippen molar-refractivity contribution in [2.24, 2.45) is 0 Å². The van der Waals surface area contributed by atoms with E-state index in [1.54, 1.807) is 0 Å². The standard InChI is InChI=1S/C12H12I2O2/c13-7-5-8(14)12-11(6-7)15-9-3-1-2-4-10(9)16-12/h5-6,9-10H,1-4H2. The van der Waals surface area contributed by atoms with Crippen molar-refractivity contribution in [1.29, 1.82) is 0 Å². The van der Waals surface area contributed by atoms with E-state index < -0.39 is 0 Å². The molecule has 0 radical (unpaired) electrons. The van der Waals surface area contributed by atoms with Crippen molar-refractivity contribution in [3.05, 3.63) is 19.3 Å². The second kappa shape index (κ2) is 4.51. The van der Waals surface area contributed by atoms with Gasteiger partial charge in [-0.15, -0.1) is 0 Å². The van der Waals surface area contributed by atoms with E-state index in [9.17, 15) is 0 Å². The van der Waals surface area contributed by atoms with Crippen LogP contribution in [0.4, 0.5) is 0 Å². The summed E-state index contributed by atoms with van der Waals surface area (Å²) in [7, 11) is 0. The second-order valence-corrected chi connectivity index (χ2v) is 6.72. The van der Waals surface area contributed by atoms with Crippen LogP contribution in [0.15, 0.2) is 12.1 Å². The average Bonchev–Trinajstić information content (AvgIpc) is 2.27. The van der Waals surface area contributed by atoms with Gasteiger partial charge in [-0.3, -0.25) is 0 Å². The molecular formula is C12H12I2O2. The molecule has 1 aromatic carbocycles. The molecule has 0 amide bonds. The minimum absolute atomic E-state index is 0.273. The third kappa shape index (κ3) is 2.02. The normalized spacial score (nSPS) is 27.4. The Morgan fingerprint density at radius 1 is 1.00 bits per heavy atom. The smallest absolute Gasteiger partial charge is 0.175 e. The highest BCUT2D eigenvalue weighted by atomic mass is 127. The Morgan fingerprint density at radius 3 is 2.44 bits per heavy atom. The van der Waals surface area contributed by atoms with E-state index in [1.807, 2.05) is 0 Å². The minimum atomic E-state index is 0.273. The molecule has 0 spiro atoms. The Bertz CT molecular complexity index is 420. The first-order valence-corrected chi connectivity index (χ1v) is 7.72. The van der Waals surface area contributed by atoms with E-state index in [0.29, 0.717) is 0 Å². The maximum absolute atomic E-state index is 6.09. The molecule has 1 fully saturated rings. The van der Waals surface area contributed by atoms with Crippen LogP contribution in [0.3, 0.4) is 0 Å². The predicted octanol–water partition coefficient (Wildman–Crippen LogP) is 3.98. The molecule has 0 saturated heterocycles. The summed E-state index contributed by atoms with van der Waals surface area (Å²) in [5.74, 6) is 1.88. The molecule has 2 atom stereocenters. The third-order valence-corrected chi connectivity index (χ3v) is 4.59. The van der Waals surface area contributed by atoms with Gasteiger partial charge in [0.15, 0.2) is 11.5 Å². The lowest BCUT2D eigenvalue weighted by Gasteiger charge is -2.37. The van der Waals surface area contributed by atoms with Crippen LogP contribution >= 0.6 is 45.2 Å². The monoisotopic (exact) mass is 442 g/mol. The molecule has 3 rings (SSSR count). The fourth-order valence-electron chi connectivity index (χ4n) is 2.39. The summed E-state index contributed by atoms with van der Waals surface area (Å²) in [4.78, 5) is 0. The van der Waals surface area contributed by atoms with Crippen molar-refractivity contribution in [1.82, 2.24) is 0 Å². The van der Waals surface area contributed by atoms with Crippen LogP contribution in [-0.4, -0.2) is 12.2 Å². The molecule has 2 aliphatic rings. The summed E-state index contributed by atoms with van der Waals surface area (Å²) >= 11 is 4.64. The summed E-state index contributed by atoms with van der Waals surface area (Å²) in [5, 5.41) is 0. The second-order valence-electron chi connectivity index (χ2n) is 4.31. The zero-order valence-corrected chi connectivity index (χ0v) is 13.0. The summed E-state index contributed by atoms with van der Waals surface area (Å²) in [6, 6.07) is 4.20. The van der Waals surface area contributed by atoms with Crippen molar-refractivity contribution in [3.8, 4) is 11.5 Å². The summed E-state index contributed by atoms with van der Waals surface area (Å²) in [5.41, 5.74) is 0. The van der Waals surface area contributed by atoms with Crippen LogP contribution in [0.25, 0.3) is 0 Å². The van der Waals surface area contributed by atoms with Crippen LogP contribution < -0.4 is 9.47 Å². The lowest BCUT2D eigenvalue weighted by atomic mass is 9.94. The fourth-order valence-corrected chi connectivity index (χ4v) is 4.30. The minimum Gasteiger partial charge on any atom is -0.483 e. The van der Waals surface area contributed by atoms with Crippen LogP contribution in [0.1, 0.15) is 25.7 Å². The van der Waals surface area contributed by atoms with E-state index in [4.69, 9.17) is 9.47 Å². The van der Waals surface area contributed by atoms with E-state index in [1.165, 1.54) is 16.4 Å². The van der Waals surface area contributed by atoms with Gasteiger partial charge in [-0.05, 0) is 83.0 Å². The number of halogens is 2. The van der Waals surface area contributed by atoms with Crippen molar-refractivity contribution >= 4 is 45.2 Å². The van der Waals surface area contributed by atoms with Gasteiger partial charge in [0.2, 0.25) is 0 Å². The molecule has 2 nitrogen and oxygen atoms in total. The van der Waals surface area contributed by atoms with Gasteiger partial charge < -0.3 is 9.47 Å². The molecule has 0 aromatic heterocycles. The maximum Gasteiger partial charge on any atom is 0.175 e. The van der Waals surface area contributed by atoms with Crippen molar-refractivity contribution < 1.29 is 9.47 Å². The Kier molecular flexibility index (Phi) is 3.21. The molecule has 4 heteroatoms. The summed E-state index contributed by atoms with van der Waals surface area (Å²) in [6.07, 6.45) is 5.34. The van der Waals surface area contributed by atoms with Gasteiger partial charge in [0.1, 0.15) is 12.2 Å². The molecule has 2 unspecified atom stereocenters. The van der Waals surface area contributed by atoms with Crippen molar-refractivity contribution in [2.75, 3.05) is 0 Å². The largest absolute Gasteiger partial charge is 0.483 e. The molecule has 1 aromatic rings. The predicted molar refractivity (Wildman–Crippen MR) is 79.2 cm³/mol. The number of rotatable bonds is 0. The van der Waals surface area contributed by atoms with Crippen LogP contribution in [0.5, 0.6) is 11.5 Å². The number of hydrogen-bond donors (Lipinski definition) is 0. The quantitative estimate of drug-likeness (QED) is 0.567. The molecule has 1 heterocycles. The van der Waals surface area contributed by atoms with Crippen LogP contribution in [0.2, 0.25) is 0 Å². The van der Waals surface area contributed by atoms with E-state index in [2.05, 4.69) is 57.3 Å². The van der Waals surface area contributed by atoms with Crippen LogP contribution in [0, 0.1) is 7.14 Å². The van der Waals surface area contributed by atoms with Crippen molar-refractivity contribution in [2.45, 2.75) is 37.9 Å². The van der Waals surface area contributed by atoms with E-state index >= 15 is 0 Å². The molecule has 1 aliphatic heterocycles.